The van der Waals surface area contributed by atoms with Crippen molar-refractivity contribution >= 4 is 0 Å². The van der Waals surface area contributed by atoms with Crippen molar-refractivity contribution in [2.45, 2.75) is 39.7 Å². The molecular formula is C9H19N. The van der Waals surface area contributed by atoms with Crippen LogP contribution in [0, 0.1) is 5.92 Å². The minimum atomic E-state index is 0.309. The van der Waals surface area contributed by atoms with Gasteiger partial charge in [-0.2, -0.15) is 0 Å². The minimum absolute atomic E-state index is 0.309. The zero-order chi connectivity index (χ0) is 7.98. The second-order valence-corrected chi connectivity index (χ2v) is 3.31. The van der Waals surface area contributed by atoms with Gasteiger partial charge in [0.15, 0.2) is 0 Å². The van der Waals surface area contributed by atoms with Crippen molar-refractivity contribution in [2.24, 2.45) is 11.7 Å². The highest BCUT2D eigenvalue weighted by Gasteiger charge is 1.89. The van der Waals surface area contributed by atoms with Gasteiger partial charge in [-0.15, -0.1) is 0 Å². The van der Waals surface area contributed by atoms with Crippen LogP contribution in [0.15, 0.2) is 12.2 Å². The second kappa shape index (κ2) is 5.48. The maximum atomic E-state index is 5.56. The molecule has 0 saturated carbocycles. The Labute approximate surface area is 64.3 Å². The summed E-state index contributed by atoms with van der Waals surface area (Å²) in [6.07, 6.45) is 6.57. The van der Waals surface area contributed by atoms with E-state index in [2.05, 4.69) is 26.0 Å². The van der Waals surface area contributed by atoms with Crippen LogP contribution in [-0.4, -0.2) is 6.04 Å². The molecule has 0 rings (SSSR count). The van der Waals surface area contributed by atoms with Crippen LogP contribution in [0.5, 0.6) is 0 Å². The Morgan fingerprint density at radius 1 is 1.10 bits per heavy atom. The third-order valence-corrected chi connectivity index (χ3v) is 1.28. The molecule has 2 N–H and O–H groups in total. The SMILES string of the molecule is CC(C)CC=CCC(C)N. The van der Waals surface area contributed by atoms with E-state index in [4.69, 9.17) is 5.73 Å². The van der Waals surface area contributed by atoms with E-state index in [1.165, 1.54) is 6.42 Å². The quantitative estimate of drug-likeness (QED) is 0.597. The van der Waals surface area contributed by atoms with E-state index < -0.39 is 0 Å². The third kappa shape index (κ3) is 7.70. The number of allylic oxidation sites excluding steroid dienone is 1. The highest BCUT2D eigenvalue weighted by atomic mass is 14.6. The molecule has 0 saturated heterocycles. The summed E-state index contributed by atoms with van der Waals surface area (Å²) in [7, 11) is 0. The van der Waals surface area contributed by atoms with E-state index in [1.54, 1.807) is 0 Å². The van der Waals surface area contributed by atoms with Crippen molar-refractivity contribution in [1.29, 1.82) is 0 Å². The Kier molecular flexibility index (Phi) is 5.32. The molecular weight excluding hydrogens is 122 g/mol. The summed E-state index contributed by atoms with van der Waals surface area (Å²) in [6.45, 7) is 6.46. The molecule has 10 heavy (non-hydrogen) atoms. The molecule has 0 aromatic rings. The van der Waals surface area contributed by atoms with Crippen LogP contribution in [-0.2, 0) is 0 Å². The molecule has 0 aliphatic rings. The molecule has 0 fully saturated rings. The number of nitrogens with two attached hydrogens (primary N) is 1. The molecule has 0 aromatic heterocycles. The maximum Gasteiger partial charge on any atom is 0.00449 e. The van der Waals surface area contributed by atoms with Gasteiger partial charge in [0.05, 0.1) is 0 Å². The van der Waals surface area contributed by atoms with Crippen LogP contribution < -0.4 is 5.73 Å². The van der Waals surface area contributed by atoms with E-state index >= 15 is 0 Å². The Hall–Kier alpha value is -0.300. The molecule has 0 aliphatic heterocycles. The highest BCUT2D eigenvalue weighted by molar-refractivity contribution is 4.84. The number of hydrogen-bond donors (Lipinski definition) is 1. The summed E-state index contributed by atoms with van der Waals surface area (Å²) in [5, 5.41) is 0. The Morgan fingerprint density at radius 2 is 1.60 bits per heavy atom. The van der Waals surface area contributed by atoms with Crippen molar-refractivity contribution in [1.82, 2.24) is 0 Å². The van der Waals surface area contributed by atoms with Crippen LogP contribution in [0.1, 0.15) is 33.6 Å². The molecule has 0 amide bonds. The molecule has 1 atom stereocenters. The third-order valence-electron chi connectivity index (χ3n) is 1.28. The average molecular weight is 141 g/mol. The smallest absolute Gasteiger partial charge is 0.00449 e. The van der Waals surface area contributed by atoms with Crippen molar-refractivity contribution in [3.05, 3.63) is 12.2 Å². The van der Waals surface area contributed by atoms with Gasteiger partial charge in [-0.3, -0.25) is 0 Å². The molecule has 0 aliphatic carbocycles. The molecule has 0 heterocycles. The van der Waals surface area contributed by atoms with Crippen molar-refractivity contribution in [3.63, 3.8) is 0 Å². The lowest BCUT2D eigenvalue weighted by Gasteiger charge is -1.99. The zero-order valence-electron chi connectivity index (χ0n) is 7.30. The lowest BCUT2D eigenvalue weighted by atomic mass is 10.1. The summed E-state index contributed by atoms with van der Waals surface area (Å²) in [5.74, 6) is 0.768. The molecule has 1 heteroatoms. The largest absolute Gasteiger partial charge is 0.328 e. The number of rotatable bonds is 4. The molecule has 0 radical (unpaired) electrons. The molecule has 0 bridgehead atoms. The van der Waals surface area contributed by atoms with Crippen molar-refractivity contribution in [2.75, 3.05) is 0 Å². The van der Waals surface area contributed by atoms with Gasteiger partial charge >= 0.3 is 0 Å². The van der Waals surface area contributed by atoms with Crippen LogP contribution >= 0.6 is 0 Å². The zero-order valence-corrected chi connectivity index (χ0v) is 7.30. The van der Waals surface area contributed by atoms with Gasteiger partial charge in [-0.1, -0.05) is 26.0 Å². The van der Waals surface area contributed by atoms with E-state index in [-0.39, 0.29) is 0 Å². The standard InChI is InChI=1S/C9H19N/c1-8(2)6-4-5-7-9(3)10/h4-5,8-9H,6-7,10H2,1-3H3. The van der Waals surface area contributed by atoms with Gasteiger partial charge in [-0.05, 0) is 25.7 Å². The predicted molar refractivity (Wildman–Crippen MR) is 46.9 cm³/mol. The summed E-state index contributed by atoms with van der Waals surface area (Å²) >= 11 is 0. The number of hydrogen-bond acceptors (Lipinski definition) is 1. The normalized spacial score (nSPS) is 14.9. The van der Waals surface area contributed by atoms with E-state index in [9.17, 15) is 0 Å². The van der Waals surface area contributed by atoms with Crippen LogP contribution in [0.25, 0.3) is 0 Å². The monoisotopic (exact) mass is 141 g/mol. The van der Waals surface area contributed by atoms with Gasteiger partial charge < -0.3 is 5.73 Å². The molecule has 1 nitrogen and oxygen atoms in total. The topological polar surface area (TPSA) is 26.0 Å². The maximum absolute atomic E-state index is 5.56. The summed E-state index contributed by atoms with van der Waals surface area (Å²) < 4.78 is 0. The summed E-state index contributed by atoms with van der Waals surface area (Å²) in [4.78, 5) is 0. The molecule has 0 aromatic carbocycles. The first kappa shape index (κ1) is 9.70. The molecule has 0 spiro atoms. The lowest BCUT2D eigenvalue weighted by molar-refractivity contribution is 0.659. The van der Waals surface area contributed by atoms with Crippen molar-refractivity contribution in [3.8, 4) is 0 Å². The first-order valence-corrected chi connectivity index (χ1v) is 4.03. The van der Waals surface area contributed by atoms with E-state index in [0.29, 0.717) is 6.04 Å². The van der Waals surface area contributed by atoms with Crippen molar-refractivity contribution < 1.29 is 0 Å². The second-order valence-electron chi connectivity index (χ2n) is 3.31. The van der Waals surface area contributed by atoms with E-state index in [0.717, 1.165) is 12.3 Å². The van der Waals surface area contributed by atoms with Crippen LogP contribution in [0.4, 0.5) is 0 Å². The first-order chi connectivity index (χ1) is 4.63. The molecule has 1 unspecified atom stereocenters. The highest BCUT2D eigenvalue weighted by Crippen LogP contribution is 2.00. The van der Waals surface area contributed by atoms with Crippen LogP contribution in [0.2, 0.25) is 0 Å². The summed E-state index contributed by atoms with van der Waals surface area (Å²) in [6, 6.07) is 0.309. The Balaban J connectivity index is 3.20. The minimum Gasteiger partial charge on any atom is -0.328 e. The average Bonchev–Trinajstić information content (AvgIpc) is 1.79. The summed E-state index contributed by atoms with van der Waals surface area (Å²) in [5.41, 5.74) is 5.56. The lowest BCUT2D eigenvalue weighted by Crippen LogP contribution is -2.12. The van der Waals surface area contributed by atoms with Gasteiger partial charge in [0.25, 0.3) is 0 Å². The Bertz CT molecular complexity index is 80.9. The predicted octanol–water partition coefficient (Wildman–Crippen LogP) is 2.33. The van der Waals surface area contributed by atoms with Gasteiger partial charge in [-0.25, -0.2) is 0 Å². The first-order valence-electron chi connectivity index (χ1n) is 4.03. The van der Waals surface area contributed by atoms with E-state index in [1.807, 2.05) is 6.92 Å². The fourth-order valence-corrected chi connectivity index (χ4v) is 0.679. The molecule has 60 valence electrons. The van der Waals surface area contributed by atoms with Gasteiger partial charge in [0, 0.05) is 6.04 Å². The Morgan fingerprint density at radius 3 is 2.00 bits per heavy atom. The van der Waals surface area contributed by atoms with Gasteiger partial charge in [0.1, 0.15) is 0 Å². The fraction of sp³-hybridized carbons (Fsp3) is 0.778. The van der Waals surface area contributed by atoms with Crippen LogP contribution in [0.3, 0.4) is 0 Å². The van der Waals surface area contributed by atoms with Gasteiger partial charge in [0.2, 0.25) is 0 Å². The fourth-order valence-electron chi connectivity index (χ4n) is 0.679.